The summed E-state index contributed by atoms with van der Waals surface area (Å²) in [6, 6.07) is 19.5. The maximum absolute atomic E-state index is 12.9. The van der Waals surface area contributed by atoms with E-state index < -0.39 is 5.91 Å². The predicted molar refractivity (Wildman–Crippen MR) is 126 cm³/mol. The molecule has 1 aromatic heterocycles. The number of ether oxygens (including phenoxy) is 1. The molecule has 0 saturated carbocycles. The SMILES string of the molecule is O=C(COc1ccc(/C=N/NC(=O)c2cc3ccccc3o2)cc1Br)Nc1ccc(F)cc1. The van der Waals surface area contributed by atoms with Crippen molar-refractivity contribution in [2.24, 2.45) is 5.10 Å². The van der Waals surface area contributed by atoms with Crippen LogP contribution in [0.1, 0.15) is 16.1 Å². The fraction of sp³-hybridized carbons (Fsp3) is 0.0417. The number of halogens is 2. The molecule has 0 spiro atoms. The van der Waals surface area contributed by atoms with Crippen LogP contribution in [-0.4, -0.2) is 24.6 Å². The Balaban J connectivity index is 1.30. The van der Waals surface area contributed by atoms with Gasteiger partial charge in [0.25, 0.3) is 5.91 Å². The Morgan fingerprint density at radius 3 is 2.61 bits per heavy atom. The van der Waals surface area contributed by atoms with E-state index in [4.69, 9.17) is 9.15 Å². The van der Waals surface area contributed by atoms with Crippen LogP contribution in [0.15, 0.2) is 86.8 Å². The quantitative estimate of drug-likeness (QED) is 0.267. The number of anilines is 1. The molecule has 0 atom stereocenters. The van der Waals surface area contributed by atoms with Crippen molar-refractivity contribution in [3.05, 3.63) is 94.4 Å². The van der Waals surface area contributed by atoms with E-state index in [2.05, 4.69) is 31.8 Å². The van der Waals surface area contributed by atoms with Crippen LogP contribution in [-0.2, 0) is 4.79 Å². The first-order valence-electron chi connectivity index (χ1n) is 9.78. The average Bonchev–Trinajstić information content (AvgIpc) is 3.24. The maximum Gasteiger partial charge on any atom is 0.307 e. The third kappa shape index (κ3) is 5.83. The van der Waals surface area contributed by atoms with Crippen LogP contribution < -0.4 is 15.5 Å². The summed E-state index contributed by atoms with van der Waals surface area (Å²) in [5, 5.41) is 7.40. The molecule has 4 rings (SSSR count). The van der Waals surface area contributed by atoms with Crippen molar-refractivity contribution in [2.75, 3.05) is 11.9 Å². The number of rotatable bonds is 7. The third-order valence-electron chi connectivity index (χ3n) is 4.47. The topological polar surface area (TPSA) is 92.9 Å². The van der Waals surface area contributed by atoms with Crippen molar-refractivity contribution in [1.29, 1.82) is 0 Å². The zero-order valence-corrected chi connectivity index (χ0v) is 18.6. The lowest BCUT2D eigenvalue weighted by Crippen LogP contribution is -2.20. The highest BCUT2D eigenvalue weighted by Crippen LogP contribution is 2.25. The molecule has 1 heterocycles. The zero-order chi connectivity index (χ0) is 23.2. The summed E-state index contributed by atoms with van der Waals surface area (Å²) in [5.74, 6) is -0.614. The number of fused-ring (bicyclic) bond motifs is 1. The van der Waals surface area contributed by atoms with Crippen LogP contribution in [0, 0.1) is 5.82 Å². The van der Waals surface area contributed by atoms with Crippen LogP contribution in [0.2, 0.25) is 0 Å². The standard InChI is InChI=1S/C24H17BrFN3O4/c25-19-11-15(13-27-29-24(31)22-12-16-3-1-2-4-20(16)33-22)5-10-21(19)32-14-23(30)28-18-8-6-17(26)7-9-18/h1-13H,14H2,(H,28,30)(H,29,31)/b27-13+. The summed E-state index contributed by atoms with van der Waals surface area (Å²) in [4.78, 5) is 24.2. The Labute approximate surface area is 196 Å². The molecule has 0 unspecified atom stereocenters. The van der Waals surface area contributed by atoms with Gasteiger partial charge in [-0.1, -0.05) is 18.2 Å². The molecule has 0 saturated heterocycles. The molecule has 0 bridgehead atoms. The number of carbonyl (C=O) groups excluding carboxylic acids is 2. The Morgan fingerprint density at radius 2 is 1.85 bits per heavy atom. The number of benzene rings is 3. The van der Waals surface area contributed by atoms with E-state index in [9.17, 15) is 14.0 Å². The summed E-state index contributed by atoms with van der Waals surface area (Å²) in [6.07, 6.45) is 1.47. The van der Waals surface area contributed by atoms with E-state index in [1.807, 2.05) is 18.2 Å². The molecule has 7 nitrogen and oxygen atoms in total. The molecule has 3 aromatic carbocycles. The van der Waals surface area contributed by atoms with Crippen LogP contribution in [0.3, 0.4) is 0 Å². The van der Waals surface area contributed by atoms with Gasteiger partial charge in [0.2, 0.25) is 0 Å². The monoisotopic (exact) mass is 509 g/mol. The van der Waals surface area contributed by atoms with Crippen LogP contribution in [0.25, 0.3) is 11.0 Å². The lowest BCUT2D eigenvalue weighted by atomic mass is 10.2. The molecule has 0 aliphatic heterocycles. The molecule has 0 fully saturated rings. The Morgan fingerprint density at radius 1 is 1.06 bits per heavy atom. The normalized spacial score (nSPS) is 11.0. The molecule has 4 aromatic rings. The highest BCUT2D eigenvalue weighted by atomic mass is 79.9. The number of nitrogens with zero attached hydrogens (tertiary/aromatic N) is 1. The molecule has 0 aliphatic carbocycles. The molecule has 9 heteroatoms. The number of carbonyl (C=O) groups is 2. The number of para-hydroxylation sites is 1. The van der Waals surface area contributed by atoms with Crippen molar-refractivity contribution in [3.8, 4) is 5.75 Å². The second kappa shape index (κ2) is 10.1. The largest absolute Gasteiger partial charge is 0.483 e. The molecule has 166 valence electrons. The Bertz CT molecular complexity index is 1300. The van der Waals surface area contributed by atoms with Crippen molar-refractivity contribution in [2.45, 2.75) is 0 Å². The summed E-state index contributed by atoms with van der Waals surface area (Å²) < 4.78 is 24.5. The fourth-order valence-corrected chi connectivity index (χ4v) is 3.41. The van der Waals surface area contributed by atoms with Gasteiger partial charge in [-0.2, -0.15) is 5.10 Å². The van der Waals surface area contributed by atoms with E-state index in [0.29, 0.717) is 27.1 Å². The van der Waals surface area contributed by atoms with Gasteiger partial charge >= 0.3 is 5.91 Å². The molecule has 2 amide bonds. The fourth-order valence-electron chi connectivity index (χ4n) is 2.90. The van der Waals surface area contributed by atoms with Gasteiger partial charge in [0, 0.05) is 11.1 Å². The number of hydrogen-bond donors (Lipinski definition) is 2. The van der Waals surface area contributed by atoms with Gasteiger partial charge in [-0.15, -0.1) is 0 Å². The van der Waals surface area contributed by atoms with Gasteiger partial charge in [0.15, 0.2) is 12.4 Å². The third-order valence-corrected chi connectivity index (χ3v) is 5.09. The molecular weight excluding hydrogens is 493 g/mol. The predicted octanol–water partition coefficient (Wildman–Crippen LogP) is 5.12. The van der Waals surface area contributed by atoms with Crippen LogP contribution in [0.5, 0.6) is 5.75 Å². The molecule has 2 N–H and O–H groups in total. The summed E-state index contributed by atoms with van der Waals surface area (Å²) in [5.41, 5.74) is 4.21. The number of nitrogens with one attached hydrogen (secondary N) is 2. The lowest BCUT2D eigenvalue weighted by molar-refractivity contribution is -0.118. The number of amides is 2. The second-order valence-electron chi connectivity index (χ2n) is 6.88. The summed E-state index contributed by atoms with van der Waals surface area (Å²) in [7, 11) is 0. The second-order valence-corrected chi connectivity index (χ2v) is 7.74. The van der Waals surface area contributed by atoms with E-state index >= 15 is 0 Å². The average molecular weight is 510 g/mol. The van der Waals surface area contributed by atoms with Crippen molar-refractivity contribution in [1.82, 2.24) is 5.43 Å². The van der Waals surface area contributed by atoms with Gasteiger partial charge in [0.1, 0.15) is 17.1 Å². The van der Waals surface area contributed by atoms with Gasteiger partial charge in [-0.3, -0.25) is 9.59 Å². The smallest absolute Gasteiger partial charge is 0.307 e. The van der Waals surface area contributed by atoms with E-state index in [0.717, 1.165) is 5.39 Å². The van der Waals surface area contributed by atoms with E-state index in [-0.39, 0.29) is 24.1 Å². The van der Waals surface area contributed by atoms with Gasteiger partial charge < -0.3 is 14.5 Å². The van der Waals surface area contributed by atoms with Gasteiger partial charge in [-0.25, -0.2) is 9.82 Å². The molecular formula is C24H17BrFN3O4. The minimum atomic E-state index is -0.464. The number of furan rings is 1. The lowest BCUT2D eigenvalue weighted by Gasteiger charge is -2.09. The van der Waals surface area contributed by atoms with Crippen molar-refractivity contribution in [3.63, 3.8) is 0 Å². The molecule has 33 heavy (non-hydrogen) atoms. The first kappa shape index (κ1) is 22.2. The highest BCUT2D eigenvalue weighted by molar-refractivity contribution is 9.10. The number of hydrogen-bond acceptors (Lipinski definition) is 5. The summed E-state index contributed by atoms with van der Waals surface area (Å²) in [6.45, 7) is -0.225. The molecule has 0 radical (unpaired) electrons. The minimum Gasteiger partial charge on any atom is -0.483 e. The van der Waals surface area contributed by atoms with Crippen LogP contribution in [0.4, 0.5) is 10.1 Å². The van der Waals surface area contributed by atoms with Gasteiger partial charge in [-0.05, 0) is 76.1 Å². The van der Waals surface area contributed by atoms with Crippen molar-refractivity contribution < 1.29 is 23.1 Å². The van der Waals surface area contributed by atoms with Crippen LogP contribution >= 0.6 is 15.9 Å². The summed E-state index contributed by atoms with van der Waals surface area (Å²) >= 11 is 3.39. The van der Waals surface area contributed by atoms with E-state index in [1.165, 1.54) is 30.5 Å². The zero-order valence-electron chi connectivity index (χ0n) is 17.0. The maximum atomic E-state index is 12.9. The Kier molecular flexibility index (Phi) is 6.80. The van der Waals surface area contributed by atoms with E-state index in [1.54, 1.807) is 30.3 Å². The minimum absolute atomic E-state index is 0.164. The highest BCUT2D eigenvalue weighted by Gasteiger charge is 2.11. The van der Waals surface area contributed by atoms with Crippen molar-refractivity contribution >= 4 is 50.6 Å². The van der Waals surface area contributed by atoms with Gasteiger partial charge in [0.05, 0.1) is 10.7 Å². The number of hydrazone groups is 1. The first-order chi connectivity index (χ1) is 16.0. The first-order valence-corrected chi connectivity index (χ1v) is 10.6. The molecule has 0 aliphatic rings. The Hall–Kier alpha value is -3.98.